The second-order valence-corrected chi connectivity index (χ2v) is 7.93. The molecule has 0 saturated heterocycles. The van der Waals surface area contributed by atoms with Crippen LogP contribution in [0.15, 0.2) is 41.3 Å². The predicted octanol–water partition coefficient (Wildman–Crippen LogP) is 3.58. The Morgan fingerprint density at radius 1 is 1.07 bits per heavy atom. The number of methoxy groups -OCH3 is 2. The zero-order valence-corrected chi connectivity index (χ0v) is 17.8. The molecule has 2 aromatic rings. The fourth-order valence-corrected chi connectivity index (χ4v) is 3.87. The molecule has 29 heavy (non-hydrogen) atoms. The highest BCUT2D eigenvalue weighted by molar-refractivity contribution is 8.00. The summed E-state index contributed by atoms with van der Waals surface area (Å²) >= 11 is 7.18. The van der Waals surface area contributed by atoms with Crippen LogP contribution in [-0.4, -0.2) is 49.9 Å². The minimum Gasteiger partial charge on any atom is -0.493 e. The first kappa shape index (κ1) is 21.3. The highest BCUT2D eigenvalue weighted by Gasteiger charge is 2.23. The van der Waals surface area contributed by atoms with E-state index in [0.29, 0.717) is 36.0 Å². The van der Waals surface area contributed by atoms with E-state index < -0.39 is 5.97 Å². The summed E-state index contributed by atoms with van der Waals surface area (Å²) in [5, 5.41) is 0.640. The Hall–Kier alpha value is -2.38. The lowest BCUT2D eigenvalue weighted by molar-refractivity contribution is -0.150. The van der Waals surface area contributed by atoms with E-state index in [1.807, 2.05) is 24.3 Å². The molecule has 1 heterocycles. The van der Waals surface area contributed by atoms with Gasteiger partial charge in [0.2, 0.25) is 0 Å². The Morgan fingerprint density at radius 2 is 1.72 bits per heavy atom. The molecule has 0 unspecified atom stereocenters. The molecule has 0 aromatic heterocycles. The van der Waals surface area contributed by atoms with Gasteiger partial charge in [-0.3, -0.25) is 9.59 Å². The number of hydrogen-bond donors (Lipinski definition) is 0. The molecule has 0 spiro atoms. The number of thioether (sulfide) groups is 1. The van der Waals surface area contributed by atoms with Gasteiger partial charge in [0, 0.05) is 23.0 Å². The molecule has 1 aliphatic rings. The number of nitrogens with zero attached hydrogens (tertiary/aromatic N) is 1. The maximum Gasteiger partial charge on any atom is 0.316 e. The number of carbonyl (C=O) groups excluding carboxylic acids is 2. The summed E-state index contributed by atoms with van der Waals surface area (Å²) < 4.78 is 15.8. The van der Waals surface area contributed by atoms with Crippen LogP contribution in [0, 0.1) is 0 Å². The third-order valence-electron chi connectivity index (χ3n) is 4.60. The van der Waals surface area contributed by atoms with Crippen molar-refractivity contribution in [1.82, 2.24) is 4.90 Å². The van der Waals surface area contributed by atoms with Gasteiger partial charge in [-0.25, -0.2) is 0 Å². The number of amides is 1. The molecule has 0 aliphatic carbocycles. The number of rotatable bonds is 7. The lowest BCUT2D eigenvalue weighted by atomic mass is 9.99. The molecule has 0 N–H and O–H groups in total. The van der Waals surface area contributed by atoms with Crippen molar-refractivity contribution in [2.75, 3.05) is 33.1 Å². The van der Waals surface area contributed by atoms with Crippen LogP contribution >= 0.6 is 23.4 Å². The first-order chi connectivity index (χ1) is 14.0. The Morgan fingerprint density at radius 3 is 2.38 bits per heavy atom. The van der Waals surface area contributed by atoms with Crippen molar-refractivity contribution in [1.29, 1.82) is 0 Å². The first-order valence-electron chi connectivity index (χ1n) is 9.05. The molecule has 0 atom stereocenters. The van der Waals surface area contributed by atoms with E-state index in [-0.39, 0.29) is 18.3 Å². The maximum absolute atomic E-state index is 12.5. The van der Waals surface area contributed by atoms with Crippen molar-refractivity contribution < 1.29 is 23.8 Å². The van der Waals surface area contributed by atoms with Gasteiger partial charge in [-0.05, 0) is 53.9 Å². The number of esters is 1. The average molecular weight is 436 g/mol. The van der Waals surface area contributed by atoms with Crippen LogP contribution in [0.2, 0.25) is 5.02 Å². The highest BCUT2D eigenvalue weighted by atomic mass is 35.5. The molecule has 3 rings (SSSR count). The molecule has 6 nitrogen and oxygen atoms in total. The van der Waals surface area contributed by atoms with Crippen LogP contribution in [0.3, 0.4) is 0 Å². The van der Waals surface area contributed by atoms with Gasteiger partial charge in [0.1, 0.15) is 0 Å². The van der Waals surface area contributed by atoms with Gasteiger partial charge in [-0.2, -0.15) is 0 Å². The first-order valence-corrected chi connectivity index (χ1v) is 10.4. The summed E-state index contributed by atoms with van der Waals surface area (Å²) in [4.78, 5) is 27.0. The number of carbonyl (C=O) groups is 2. The van der Waals surface area contributed by atoms with Crippen LogP contribution in [0.5, 0.6) is 11.5 Å². The Balaban J connectivity index is 1.50. The molecule has 0 radical (unpaired) electrons. The maximum atomic E-state index is 12.5. The molecule has 2 aromatic carbocycles. The zero-order valence-electron chi connectivity index (χ0n) is 16.3. The number of halogens is 1. The molecule has 1 amide bonds. The second-order valence-electron chi connectivity index (χ2n) is 6.44. The fourth-order valence-electron chi connectivity index (χ4n) is 3.04. The zero-order chi connectivity index (χ0) is 20.8. The average Bonchev–Trinajstić information content (AvgIpc) is 2.75. The standard InChI is InChI=1S/C21H22ClNO5S/c1-26-18-9-14-7-8-23(11-15(14)10-19(18)27-2)20(24)12-28-21(25)13-29-17-5-3-16(22)4-6-17/h3-6,9-10H,7-8,11-13H2,1-2H3. The molecule has 0 fully saturated rings. The van der Waals surface area contributed by atoms with E-state index >= 15 is 0 Å². The van der Waals surface area contributed by atoms with E-state index in [2.05, 4.69) is 0 Å². The number of fused-ring (bicyclic) bond motifs is 1. The van der Waals surface area contributed by atoms with Crippen LogP contribution in [-0.2, 0) is 27.3 Å². The summed E-state index contributed by atoms with van der Waals surface area (Å²) in [6.45, 7) is 0.757. The van der Waals surface area contributed by atoms with Gasteiger partial charge >= 0.3 is 5.97 Å². The minimum absolute atomic E-state index is 0.134. The molecular formula is C21H22ClNO5S. The van der Waals surface area contributed by atoms with Crippen molar-refractivity contribution in [3.8, 4) is 11.5 Å². The van der Waals surface area contributed by atoms with Gasteiger partial charge in [-0.1, -0.05) is 11.6 Å². The Bertz CT molecular complexity index is 887. The van der Waals surface area contributed by atoms with Crippen LogP contribution < -0.4 is 9.47 Å². The fraction of sp³-hybridized carbons (Fsp3) is 0.333. The van der Waals surface area contributed by atoms with Crippen molar-refractivity contribution in [3.05, 3.63) is 52.5 Å². The molecule has 0 bridgehead atoms. The number of ether oxygens (including phenoxy) is 3. The normalized spacial score (nSPS) is 12.9. The highest BCUT2D eigenvalue weighted by Crippen LogP contribution is 2.33. The smallest absolute Gasteiger partial charge is 0.316 e. The van der Waals surface area contributed by atoms with E-state index in [9.17, 15) is 9.59 Å². The minimum atomic E-state index is -0.429. The molecule has 0 saturated carbocycles. The van der Waals surface area contributed by atoms with E-state index in [0.717, 1.165) is 16.0 Å². The summed E-state index contributed by atoms with van der Waals surface area (Å²) in [7, 11) is 3.18. The number of benzene rings is 2. The van der Waals surface area contributed by atoms with Gasteiger partial charge in [0.05, 0.1) is 20.0 Å². The lowest BCUT2D eigenvalue weighted by Gasteiger charge is -2.29. The third kappa shape index (κ3) is 5.58. The third-order valence-corrected chi connectivity index (χ3v) is 5.84. The van der Waals surface area contributed by atoms with Crippen LogP contribution in [0.25, 0.3) is 0 Å². The molecular weight excluding hydrogens is 414 g/mol. The van der Waals surface area contributed by atoms with Gasteiger partial charge in [0.15, 0.2) is 18.1 Å². The Labute approximate surface area is 179 Å². The van der Waals surface area contributed by atoms with Crippen molar-refractivity contribution in [2.45, 2.75) is 17.9 Å². The Kier molecular flexibility index (Phi) is 7.28. The van der Waals surface area contributed by atoms with Gasteiger partial charge < -0.3 is 19.1 Å². The largest absolute Gasteiger partial charge is 0.493 e. The van der Waals surface area contributed by atoms with Crippen LogP contribution in [0.4, 0.5) is 0 Å². The molecule has 154 valence electrons. The monoisotopic (exact) mass is 435 g/mol. The summed E-state index contributed by atoms with van der Waals surface area (Å²) in [6.07, 6.45) is 0.710. The number of hydrogen-bond acceptors (Lipinski definition) is 6. The van der Waals surface area contributed by atoms with Crippen molar-refractivity contribution in [3.63, 3.8) is 0 Å². The summed E-state index contributed by atoms with van der Waals surface area (Å²) in [6, 6.07) is 11.0. The SMILES string of the molecule is COc1cc2c(cc1OC)CN(C(=O)COC(=O)CSc1ccc(Cl)cc1)CC2. The van der Waals surface area contributed by atoms with Crippen molar-refractivity contribution in [2.24, 2.45) is 0 Å². The predicted molar refractivity (Wildman–Crippen MR) is 112 cm³/mol. The van der Waals surface area contributed by atoms with E-state index in [1.165, 1.54) is 11.8 Å². The van der Waals surface area contributed by atoms with Crippen molar-refractivity contribution >= 4 is 35.2 Å². The quantitative estimate of drug-likeness (QED) is 0.489. The lowest BCUT2D eigenvalue weighted by Crippen LogP contribution is -2.38. The van der Waals surface area contributed by atoms with E-state index in [4.69, 9.17) is 25.8 Å². The topological polar surface area (TPSA) is 65.1 Å². The van der Waals surface area contributed by atoms with E-state index in [1.54, 1.807) is 31.3 Å². The van der Waals surface area contributed by atoms with Gasteiger partial charge in [0.25, 0.3) is 5.91 Å². The van der Waals surface area contributed by atoms with Gasteiger partial charge in [-0.15, -0.1) is 11.8 Å². The van der Waals surface area contributed by atoms with Crippen LogP contribution in [0.1, 0.15) is 11.1 Å². The molecule has 1 aliphatic heterocycles. The summed E-state index contributed by atoms with van der Waals surface area (Å²) in [5.41, 5.74) is 2.13. The second kappa shape index (κ2) is 9.89. The molecule has 8 heteroatoms. The summed E-state index contributed by atoms with van der Waals surface area (Å²) in [5.74, 6) is 0.802.